The lowest BCUT2D eigenvalue weighted by molar-refractivity contribution is -0.130. The van der Waals surface area contributed by atoms with Crippen molar-refractivity contribution in [2.75, 3.05) is 19.7 Å². The monoisotopic (exact) mass is 365 g/mol. The number of rotatable bonds is 5. The molecule has 1 atom stereocenters. The van der Waals surface area contributed by atoms with Gasteiger partial charge in [0, 0.05) is 25.4 Å². The topological polar surface area (TPSA) is 102 Å². The summed E-state index contributed by atoms with van der Waals surface area (Å²) in [7, 11) is -3.55. The van der Waals surface area contributed by atoms with E-state index < -0.39 is 10.0 Å². The summed E-state index contributed by atoms with van der Waals surface area (Å²) in [6.07, 6.45) is 2.35. The van der Waals surface area contributed by atoms with E-state index in [-0.39, 0.29) is 23.4 Å². The largest absolute Gasteiger partial charge is 0.492 e. The van der Waals surface area contributed by atoms with Crippen molar-refractivity contribution in [1.29, 1.82) is 0 Å². The molecule has 1 fully saturated rings. The Hall–Kier alpha value is -2.09. The molecule has 25 heavy (non-hydrogen) atoms. The lowest BCUT2D eigenvalue weighted by atomic mass is 10.1. The first-order valence-corrected chi connectivity index (χ1v) is 10.1. The molecule has 0 aliphatic carbocycles. The first-order chi connectivity index (χ1) is 11.9. The van der Waals surface area contributed by atoms with Gasteiger partial charge in [-0.05, 0) is 24.5 Å². The van der Waals surface area contributed by atoms with Crippen molar-refractivity contribution < 1.29 is 17.9 Å². The van der Waals surface area contributed by atoms with Crippen molar-refractivity contribution >= 4 is 21.8 Å². The number of hydrogen-bond acceptors (Lipinski definition) is 5. The second-order valence-corrected chi connectivity index (χ2v) is 8.18. The summed E-state index contributed by atoms with van der Waals surface area (Å²) in [5, 5.41) is 0. The van der Waals surface area contributed by atoms with E-state index in [1.54, 1.807) is 18.2 Å². The normalized spacial score (nSPS) is 21.6. The molecule has 0 spiro atoms. The van der Waals surface area contributed by atoms with Crippen LogP contribution in [-0.2, 0) is 20.6 Å². The third-order valence-corrected chi connectivity index (χ3v) is 5.67. The van der Waals surface area contributed by atoms with Gasteiger partial charge < -0.3 is 15.4 Å². The van der Waals surface area contributed by atoms with Crippen molar-refractivity contribution in [2.45, 2.75) is 31.9 Å². The van der Waals surface area contributed by atoms with E-state index >= 15 is 0 Å². The molecule has 1 saturated heterocycles. The van der Waals surface area contributed by atoms with Crippen molar-refractivity contribution in [1.82, 2.24) is 4.90 Å². The molecule has 2 aliphatic rings. The maximum absolute atomic E-state index is 12.0. The standard InChI is InChI=1S/C17H23N3O4S/c1-2-4-15(21)20-8-7-12(9-20)10-24-14-6-3-5-13-11-25(22,23)19-17(18)16(13)14/h3,5-6,12H,2,4,7-11H2,1H3,(H2,18,19). The highest BCUT2D eigenvalue weighted by atomic mass is 32.2. The number of nitrogens with two attached hydrogens (primary N) is 1. The highest BCUT2D eigenvalue weighted by molar-refractivity contribution is 7.89. The second-order valence-electron chi connectivity index (χ2n) is 6.55. The average molecular weight is 365 g/mol. The molecule has 0 bridgehead atoms. The minimum atomic E-state index is -3.55. The van der Waals surface area contributed by atoms with E-state index in [9.17, 15) is 13.2 Å². The van der Waals surface area contributed by atoms with Crippen LogP contribution in [0.1, 0.15) is 37.3 Å². The minimum Gasteiger partial charge on any atom is -0.492 e. The van der Waals surface area contributed by atoms with E-state index in [4.69, 9.17) is 10.5 Å². The minimum absolute atomic E-state index is 0.0250. The van der Waals surface area contributed by atoms with Crippen LogP contribution in [0.2, 0.25) is 0 Å². The van der Waals surface area contributed by atoms with Crippen molar-refractivity contribution in [3.8, 4) is 5.75 Å². The zero-order chi connectivity index (χ0) is 18.0. The molecule has 3 rings (SSSR count). The molecule has 7 nitrogen and oxygen atoms in total. The van der Waals surface area contributed by atoms with Gasteiger partial charge in [0.1, 0.15) is 11.6 Å². The van der Waals surface area contributed by atoms with Gasteiger partial charge in [0.2, 0.25) is 5.91 Å². The predicted molar refractivity (Wildman–Crippen MR) is 94.9 cm³/mol. The molecule has 8 heteroatoms. The van der Waals surface area contributed by atoms with Gasteiger partial charge in [-0.1, -0.05) is 19.1 Å². The zero-order valence-electron chi connectivity index (χ0n) is 14.3. The number of sulfonamides is 1. The summed E-state index contributed by atoms with van der Waals surface area (Å²) >= 11 is 0. The van der Waals surface area contributed by atoms with Crippen LogP contribution < -0.4 is 10.5 Å². The van der Waals surface area contributed by atoms with Gasteiger partial charge in [-0.15, -0.1) is 4.40 Å². The fraction of sp³-hybridized carbons (Fsp3) is 0.529. The first-order valence-electron chi connectivity index (χ1n) is 8.50. The van der Waals surface area contributed by atoms with Gasteiger partial charge in [0.15, 0.2) is 0 Å². The van der Waals surface area contributed by atoms with E-state index in [2.05, 4.69) is 4.40 Å². The molecule has 0 saturated carbocycles. The van der Waals surface area contributed by atoms with E-state index in [1.807, 2.05) is 11.8 Å². The third kappa shape index (κ3) is 3.95. The van der Waals surface area contributed by atoms with Gasteiger partial charge >= 0.3 is 0 Å². The lowest BCUT2D eigenvalue weighted by Crippen LogP contribution is -2.29. The molecule has 1 unspecified atom stereocenters. The highest BCUT2D eigenvalue weighted by Gasteiger charge is 2.28. The number of ether oxygens (including phenoxy) is 1. The summed E-state index contributed by atoms with van der Waals surface area (Å²) in [6.45, 7) is 3.93. The Morgan fingerprint density at radius 2 is 2.24 bits per heavy atom. The Morgan fingerprint density at radius 1 is 1.44 bits per heavy atom. The fourth-order valence-electron chi connectivity index (χ4n) is 3.31. The molecule has 0 radical (unpaired) electrons. The van der Waals surface area contributed by atoms with Crippen LogP contribution in [0.25, 0.3) is 0 Å². The quantitative estimate of drug-likeness (QED) is 0.846. The van der Waals surface area contributed by atoms with Crippen LogP contribution in [-0.4, -0.2) is 44.8 Å². The lowest BCUT2D eigenvalue weighted by Gasteiger charge is -2.20. The number of carbonyl (C=O) groups is 1. The zero-order valence-corrected chi connectivity index (χ0v) is 15.1. The number of amidine groups is 1. The molecule has 2 N–H and O–H groups in total. The van der Waals surface area contributed by atoms with Gasteiger partial charge in [-0.25, -0.2) is 8.42 Å². The van der Waals surface area contributed by atoms with Crippen LogP contribution in [0.4, 0.5) is 0 Å². The predicted octanol–water partition coefficient (Wildman–Crippen LogP) is 1.26. The summed E-state index contributed by atoms with van der Waals surface area (Å²) in [4.78, 5) is 13.8. The molecule has 2 aliphatic heterocycles. The number of carbonyl (C=O) groups excluding carboxylic acids is 1. The van der Waals surface area contributed by atoms with Gasteiger partial charge in [-0.2, -0.15) is 0 Å². The molecule has 1 aromatic rings. The molecule has 136 valence electrons. The molecule has 1 aromatic carbocycles. The van der Waals surface area contributed by atoms with Crippen LogP contribution in [0.15, 0.2) is 22.6 Å². The maximum Gasteiger partial charge on any atom is 0.259 e. The Labute approximate surface area is 147 Å². The van der Waals surface area contributed by atoms with Crippen LogP contribution in [0.5, 0.6) is 5.75 Å². The Balaban J connectivity index is 1.67. The van der Waals surface area contributed by atoms with Gasteiger partial charge in [-0.3, -0.25) is 4.79 Å². The van der Waals surface area contributed by atoms with E-state index in [0.717, 1.165) is 19.4 Å². The molecular formula is C17H23N3O4S. The maximum atomic E-state index is 12.0. The Kier molecular flexibility index (Phi) is 4.99. The Morgan fingerprint density at radius 3 is 3.00 bits per heavy atom. The number of hydrogen-bond donors (Lipinski definition) is 1. The molecule has 0 aromatic heterocycles. The highest BCUT2D eigenvalue weighted by Crippen LogP contribution is 2.29. The fourth-order valence-corrected chi connectivity index (χ4v) is 4.40. The van der Waals surface area contributed by atoms with Gasteiger partial charge in [0.05, 0.1) is 17.9 Å². The van der Waals surface area contributed by atoms with Crippen LogP contribution in [0, 0.1) is 5.92 Å². The summed E-state index contributed by atoms with van der Waals surface area (Å²) in [5.41, 5.74) is 7.01. The van der Waals surface area contributed by atoms with Crippen molar-refractivity contribution in [3.05, 3.63) is 29.3 Å². The van der Waals surface area contributed by atoms with Gasteiger partial charge in [0.25, 0.3) is 10.0 Å². The summed E-state index contributed by atoms with van der Waals surface area (Å²) in [6, 6.07) is 5.25. The molecule has 2 heterocycles. The van der Waals surface area contributed by atoms with Crippen molar-refractivity contribution in [3.63, 3.8) is 0 Å². The average Bonchev–Trinajstić information content (AvgIpc) is 3.00. The SMILES string of the molecule is CCCC(=O)N1CCC(COc2cccc3c2C(N)=NS(=O)(=O)C3)C1. The number of nitrogens with zero attached hydrogens (tertiary/aromatic N) is 2. The summed E-state index contributed by atoms with van der Waals surface area (Å²) < 4.78 is 32.9. The molecular weight excluding hydrogens is 342 g/mol. The van der Waals surface area contributed by atoms with Crippen molar-refractivity contribution in [2.24, 2.45) is 16.0 Å². The third-order valence-electron chi connectivity index (χ3n) is 4.52. The smallest absolute Gasteiger partial charge is 0.259 e. The Bertz CT molecular complexity index is 804. The van der Waals surface area contributed by atoms with E-state index in [1.165, 1.54) is 0 Å². The van der Waals surface area contributed by atoms with Crippen LogP contribution >= 0.6 is 0 Å². The number of fused-ring (bicyclic) bond motifs is 1. The second kappa shape index (κ2) is 7.03. The number of amides is 1. The first kappa shape index (κ1) is 17.7. The van der Waals surface area contributed by atoms with Crippen LogP contribution in [0.3, 0.4) is 0 Å². The number of benzene rings is 1. The van der Waals surface area contributed by atoms with E-state index in [0.29, 0.717) is 36.4 Å². The molecule has 1 amide bonds. The summed E-state index contributed by atoms with van der Waals surface area (Å²) in [5.74, 6) is 0.823. The number of likely N-dealkylation sites (tertiary alicyclic amines) is 1.